The third-order valence-electron chi connectivity index (χ3n) is 3.89. The quantitative estimate of drug-likeness (QED) is 0.647. The zero-order chi connectivity index (χ0) is 14.4. The van der Waals surface area contributed by atoms with E-state index >= 15 is 0 Å². The Morgan fingerprint density at radius 2 is 2.30 bits per heavy atom. The fourth-order valence-corrected chi connectivity index (χ4v) is 3.95. The summed E-state index contributed by atoms with van der Waals surface area (Å²) in [5.41, 5.74) is 8.76. The monoisotopic (exact) mass is 293 g/mol. The first-order valence-corrected chi connectivity index (χ1v) is 8.36. The van der Waals surface area contributed by atoms with Crippen LogP contribution in [0.15, 0.2) is 24.3 Å². The summed E-state index contributed by atoms with van der Waals surface area (Å²) in [4.78, 5) is 11.2. The predicted octanol–water partition coefficient (Wildman–Crippen LogP) is 2.73. The van der Waals surface area contributed by atoms with Crippen molar-refractivity contribution in [2.75, 3.05) is 18.6 Å². The Bertz CT molecular complexity index is 450. The van der Waals surface area contributed by atoms with Crippen LogP contribution in [0, 0.1) is 0 Å². The first-order valence-electron chi connectivity index (χ1n) is 7.21. The number of carbonyl (C=O) groups is 1. The Labute approximate surface area is 125 Å². The summed E-state index contributed by atoms with van der Waals surface area (Å²) in [6.45, 7) is 0. The molecule has 1 aliphatic rings. The van der Waals surface area contributed by atoms with Crippen LogP contribution in [0.5, 0.6) is 0 Å². The highest BCUT2D eigenvalue weighted by Gasteiger charge is 2.20. The van der Waals surface area contributed by atoms with E-state index in [2.05, 4.69) is 29.0 Å². The largest absolute Gasteiger partial charge is 0.468 e. The summed E-state index contributed by atoms with van der Waals surface area (Å²) in [7, 11) is 1.38. The van der Waals surface area contributed by atoms with E-state index < -0.39 is 6.04 Å². The van der Waals surface area contributed by atoms with Crippen LogP contribution >= 0.6 is 11.8 Å². The van der Waals surface area contributed by atoms with Gasteiger partial charge in [-0.25, -0.2) is 0 Å². The van der Waals surface area contributed by atoms with E-state index in [1.165, 1.54) is 37.5 Å². The number of rotatable bonds is 6. The van der Waals surface area contributed by atoms with Crippen LogP contribution in [0.1, 0.15) is 36.3 Å². The first kappa shape index (κ1) is 15.4. The molecule has 0 aliphatic heterocycles. The summed E-state index contributed by atoms with van der Waals surface area (Å²) in [5, 5.41) is 0. The Balaban J connectivity index is 1.77. The zero-order valence-corrected chi connectivity index (χ0v) is 12.8. The third kappa shape index (κ3) is 4.00. The van der Waals surface area contributed by atoms with Gasteiger partial charge in [-0.3, -0.25) is 4.79 Å². The molecule has 2 N–H and O–H groups in total. The number of fused-ring (bicyclic) bond motifs is 1. The fraction of sp³-hybridized carbons (Fsp3) is 0.562. The minimum Gasteiger partial charge on any atom is -0.468 e. The lowest BCUT2D eigenvalue weighted by atomic mass is 9.84. The minimum absolute atomic E-state index is 0.311. The van der Waals surface area contributed by atoms with Gasteiger partial charge >= 0.3 is 5.97 Å². The predicted molar refractivity (Wildman–Crippen MR) is 84.1 cm³/mol. The molecule has 1 aromatic carbocycles. The molecule has 0 saturated heterocycles. The van der Waals surface area contributed by atoms with Crippen LogP contribution in [-0.2, 0) is 16.0 Å². The molecule has 0 saturated carbocycles. The molecular formula is C16H23NO2S. The molecule has 0 fully saturated rings. The van der Waals surface area contributed by atoms with Gasteiger partial charge < -0.3 is 10.5 Å². The van der Waals surface area contributed by atoms with Crippen molar-refractivity contribution in [3.8, 4) is 0 Å². The van der Waals surface area contributed by atoms with Gasteiger partial charge in [0, 0.05) is 5.75 Å². The molecule has 2 rings (SSSR count). The molecule has 3 nitrogen and oxygen atoms in total. The SMILES string of the molecule is COC(=O)C(N)CCSCC1CCCc2ccccc21. The number of thioether (sulfide) groups is 1. The van der Waals surface area contributed by atoms with Crippen LogP contribution in [0.25, 0.3) is 0 Å². The van der Waals surface area contributed by atoms with Gasteiger partial charge in [0.15, 0.2) is 0 Å². The van der Waals surface area contributed by atoms with Gasteiger partial charge in [-0.2, -0.15) is 11.8 Å². The molecule has 0 aromatic heterocycles. The van der Waals surface area contributed by atoms with E-state index in [0.29, 0.717) is 12.3 Å². The standard InChI is InChI=1S/C16H23NO2S/c1-19-16(18)15(17)9-10-20-11-13-7-4-6-12-5-2-3-8-14(12)13/h2-3,5,8,13,15H,4,6-7,9-11,17H2,1H3. The van der Waals surface area contributed by atoms with Gasteiger partial charge in [0.1, 0.15) is 6.04 Å². The maximum absolute atomic E-state index is 11.2. The van der Waals surface area contributed by atoms with Crippen LogP contribution in [0.2, 0.25) is 0 Å². The highest BCUT2D eigenvalue weighted by Crippen LogP contribution is 2.33. The van der Waals surface area contributed by atoms with Crippen molar-refractivity contribution in [1.29, 1.82) is 0 Å². The lowest BCUT2D eigenvalue weighted by molar-refractivity contribution is -0.142. The number of methoxy groups -OCH3 is 1. The number of carbonyl (C=O) groups excluding carboxylic acids is 1. The molecule has 20 heavy (non-hydrogen) atoms. The molecule has 110 valence electrons. The highest BCUT2D eigenvalue weighted by molar-refractivity contribution is 7.99. The Morgan fingerprint density at radius 1 is 1.50 bits per heavy atom. The summed E-state index contributed by atoms with van der Waals surface area (Å²) in [5.74, 6) is 2.37. The topological polar surface area (TPSA) is 52.3 Å². The van der Waals surface area contributed by atoms with Gasteiger partial charge in [0.2, 0.25) is 0 Å². The first-order chi connectivity index (χ1) is 9.72. The van der Waals surface area contributed by atoms with E-state index in [1.807, 2.05) is 11.8 Å². The maximum atomic E-state index is 11.2. The molecule has 2 atom stereocenters. The maximum Gasteiger partial charge on any atom is 0.322 e. The lowest BCUT2D eigenvalue weighted by Crippen LogP contribution is -2.32. The van der Waals surface area contributed by atoms with Gasteiger partial charge in [0.05, 0.1) is 7.11 Å². The van der Waals surface area contributed by atoms with Crippen molar-refractivity contribution in [3.63, 3.8) is 0 Å². The van der Waals surface area contributed by atoms with E-state index in [1.54, 1.807) is 0 Å². The van der Waals surface area contributed by atoms with Crippen molar-refractivity contribution >= 4 is 17.7 Å². The molecule has 0 amide bonds. The molecular weight excluding hydrogens is 270 g/mol. The average Bonchev–Trinajstić information content (AvgIpc) is 2.50. The van der Waals surface area contributed by atoms with Crippen molar-refractivity contribution in [2.24, 2.45) is 5.73 Å². The van der Waals surface area contributed by atoms with E-state index in [0.717, 1.165) is 11.5 Å². The molecule has 4 heteroatoms. The summed E-state index contributed by atoms with van der Waals surface area (Å²) in [6, 6.07) is 8.30. The van der Waals surface area contributed by atoms with Crippen LogP contribution in [0.4, 0.5) is 0 Å². The molecule has 2 unspecified atom stereocenters. The van der Waals surface area contributed by atoms with E-state index in [9.17, 15) is 4.79 Å². The summed E-state index contributed by atoms with van der Waals surface area (Å²) < 4.78 is 4.63. The number of hydrogen-bond acceptors (Lipinski definition) is 4. The number of ether oxygens (including phenoxy) is 1. The smallest absolute Gasteiger partial charge is 0.322 e. The van der Waals surface area contributed by atoms with Gasteiger partial charge in [-0.15, -0.1) is 0 Å². The molecule has 0 heterocycles. The van der Waals surface area contributed by atoms with Crippen molar-refractivity contribution in [3.05, 3.63) is 35.4 Å². The highest BCUT2D eigenvalue weighted by atomic mass is 32.2. The normalized spacial score (nSPS) is 19.2. The fourth-order valence-electron chi connectivity index (χ4n) is 2.73. The zero-order valence-electron chi connectivity index (χ0n) is 12.0. The minimum atomic E-state index is -0.480. The number of hydrogen-bond donors (Lipinski definition) is 1. The second-order valence-electron chi connectivity index (χ2n) is 5.28. The van der Waals surface area contributed by atoms with Crippen molar-refractivity contribution < 1.29 is 9.53 Å². The Hall–Kier alpha value is -1.00. The molecule has 0 spiro atoms. The second kappa shape index (κ2) is 7.70. The Morgan fingerprint density at radius 3 is 3.10 bits per heavy atom. The van der Waals surface area contributed by atoms with Crippen molar-refractivity contribution in [2.45, 2.75) is 37.6 Å². The Kier molecular flexibility index (Phi) is 5.92. The van der Waals surface area contributed by atoms with Crippen molar-refractivity contribution in [1.82, 2.24) is 0 Å². The number of esters is 1. The lowest BCUT2D eigenvalue weighted by Gasteiger charge is -2.25. The van der Waals surface area contributed by atoms with E-state index in [4.69, 9.17) is 5.73 Å². The summed E-state index contributed by atoms with van der Waals surface area (Å²) in [6.07, 6.45) is 4.45. The van der Waals surface area contributed by atoms with Gasteiger partial charge in [-0.05, 0) is 48.5 Å². The van der Waals surface area contributed by atoms with Crippen LogP contribution in [0.3, 0.4) is 0 Å². The second-order valence-corrected chi connectivity index (χ2v) is 6.43. The molecule has 0 bridgehead atoms. The van der Waals surface area contributed by atoms with Gasteiger partial charge in [-0.1, -0.05) is 24.3 Å². The van der Waals surface area contributed by atoms with E-state index in [-0.39, 0.29) is 5.97 Å². The molecule has 0 radical (unpaired) electrons. The average molecular weight is 293 g/mol. The van der Waals surface area contributed by atoms with Gasteiger partial charge in [0.25, 0.3) is 0 Å². The molecule has 1 aromatic rings. The van der Waals surface area contributed by atoms with Crippen LogP contribution in [-0.4, -0.2) is 30.6 Å². The number of benzene rings is 1. The number of aryl methyl sites for hydroxylation is 1. The number of nitrogens with two attached hydrogens (primary N) is 1. The molecule has 1 aliphatic carbocycles. The summed E-state index contributed by atoms with van der Waals surface area (Å²) >= 11 is 1.89. The van der Waals surface area contributed by atoms with Crippen LogP contribution < -0.4 is 5.73 Å². The third-order valence-corrected chi connectivity index (χ3v) is 5.05.